The number of hydrogen-bond acceptors (Lipinski definition) is 1. The van der Waals surface area contributed by atoms with Crippen molar-refractivity contribution in [2.45, 2.75) is 13.3 Å². The molecule has 0 atom stereocenters. The third kappa shape index (κ3) is 1.37. The van der Waals surface area contributed by atoms with Gasteiger partial charge in [-0.1, -0.05) is 0 Å². The Bertz CT molecular complexity index is 240. The Morgan fingerprint density at radius 3 is 2.80 bits per heavy atom. The Hall–Kier alpha value is -1.25. The number of aromatic nitrogens is 1. The fourth-order valence-electron chi connectivity index (χ4n) is 0.827. The lowest BCUT2D eigenvalue weighted by molar-refractivity contribution is -0.136. The maximum atomic E-state index is 10.2. The van der Waals surface area contributed by atoms with Crippen LogP contribution in [0.3, 0.4) is 0 Å². The first-order valence-electron chi connectivity index (χ1n) is 3.04. The Balaban J connectivity index is 2.74. The summed E-state index contributed by atoms with van der Waals surface area (Å²) in [6.45, 7) is 1.88. The highest BCUT2D eigenvalue weighted by Crippen LogP contribution is 2.05. The average Bonchev–Trinajstić information content (AvgIpc) is 2.15. The van der Waals surface area contributed by atoms with Crippen LogP contribution in [0.1, 0.15) is 11.1 Å². The lowest BCUT2D eigenvalue weighted by Gasteiger charge is -1.91. The van der Waals surface area contributed by atoms with Gasteiger partial charge in [-0.05, 0) is 18.1 Å². The molecule has 0 aliphatic heterocycles. The van der Waals surface area contributed by atoms with Crippen LogP contribution < -0.4 is 0 Å². The Kier molecular flexibility index (Phi) is 1.76. The normalized spacial score (nSPS) is 9.70. The summed E-state index contributed by atoms with van der Waals surface area (Å²) in [6, 6.07) is 0. The summed E-state index contributed by atoms with van der Waals surface area (Å²) >= 11 is 0. The highest BCUT2D eigenvalue weighted by Gasteiger charge is 2.02. The van der Waals surface area contributed by atoms with E-state index in [0.717, 1.165) is 11.1 Å². The van der Waals surface area contributed by atoms with Crippen LogP contribution in [0.4, 0.5) is 0 Å². The number of aliphatic carboxylic acids is 1. The zero-order valence-electron chi connectivity index (χ0n) is 5.72. The smallest absolute Gasteiger partial charge is 0.307 e. The van der Waals surface area contributed by atoms with Gasteiger partial charge in [0.05, 0.1) is 6.42 Å². The van der Waals surface area contributed by atoms with Crippen LogP contribution in [-0.2, 0) is 11.2 Å². The molecule has 1 rings (SSSR count). The van der Waals surface area contributed by atoms with Crippen LogP contribution in [0.2, 0.25) is 0 Å². The highest BCUT2D eigenvalue weighted by atomic mass is 16.4. The van der Waals surface area contributed by atoms with Gasteiger partial charge in [0, 0.05) is 12.4 Å². The Morgan fingerprint density at radius 1 is 1.70 bits per heavy atom. The van der Waals surface area contributed by atoms with Gasteiger partial charge in [-0.2, -0.15) is 0 Å². The van der Waals surface area contributed by atoms with Gasteiger partial charge < -0.3 is 10.1 Å². The van der Waals surface area contributed by atoms with E-state index in [-0.39, 0.29) is 6.42 Å². The van der Waals surface area contributed by atoms with Gasteiger partial charge in [-0.15, -0.1) is 0 Å². The van der Waals surface area contributed by atoms with Gasteiger partial charge in [0.25, 0.3) is 0 Å². The molecule has 0 unspecified atom stereocenters. The van der Waals surface area contributed by atoms with E-state index in [4.69, 9.17) is 5.11 Å². The average molecular weight is 139 g/mol. The Labute approximate surface area is 58.7 Å². The minimum atomic E-state index is -0.789. The molecule has 0 spiro atoms. The van der Waals surface area contributed by atoms with Crippen molar-refractivity contribution in [2.75, 3.05) is 0 Å². The van der Waals surface area contributed by atoms with Crippen LogP contribution in [-0.4, -0.2) is 16.1 Å². The highest BCUT2D eigenvalue weighted by molar-refractivity contribution is 5.70. The maximum Gasteiger partial charge on any atom is 0.307 e. The molecule has 0 amide bonds. The number of carboxylic acid groups (broad SMARTS) is 1. The van der Waals surface area contributed by atoms with Crippen LogP contribution in [0.15, 0.2) is 12.4 Å². The number of nitrogens with one attached hydrogen (secondary N) is 1. The van der Waals surface area contributed by atoms with Gasteiger partial charge >= 0.3 is 5.97 Å². The number of carboxylic acids is 1. The van der Waals surface area contributed by atoms with Crippen molar-refractivity contribution in [1.29, 1.82) is 0 Å². The lowest BCUT2D eigenvalue weighted by atomic mass is 10.2. The molecule has 0 aromatic carbocycles. The van der Waals surface area contributed by atoms with Gasteiger partial charge in [-0.3, -0.25) is 4.79 Å². The van der Waals surface area contributed by atoms with Crippen molar-refractivity contribution in [1.82, 2.24) is 4.98 Å². The predicted octanol–water partition coefficient (Wildman–Crippen LogP) is 0.950. The van der Waals surface area contributed by atoms with E-state index in [1.165, 1.54) is 0 Å². The first kappa shape index (κ1) is 6.86. The fraction of sp³-hybridized carbons (Fsp3) is 0.286. The molecule has 0 fully saturated rings. The minimum Gasteiger partial charge on any atom is -0.481 e. The SMILES string of the molecule is Cc1c[nH]cc1CC(=O)O. The van der Waals surface area contributed by atoms with Crippen molar-refractivity contribution in [3.8, 4) is 0 Å². The van der Waals surface area contributed by atoms with E-state index < -0.39 is 5.97 Å². The number of aryl methyl sites for hydroxylation is 1. The number of hydrogen-bond donors (Lipinski definition) is 2. The zero-order chi connectivity index (χ0) is 7.56. The van der Waals surface area contributed by atoms with Gasteiger partial charge in [0.15, 0.2) is 0 Å². The molecule has 3 nitrogen and oxygen atoms in total. The summed E-state index contributed by atoms with van der Waals surface area (Å²) in [4.78, 5) is 13.0. The van der Waals surface area contributed by atoms with Gasteiger partial charge in [0.1, 0.15) is 0 Å². The summed E-state index contributed by atoms with van der Waals surface area (Å²) in [6.07, 6.45) is 3.61. The van der Waals surface area contributed by atoms with Crippen molar-refractivity contribution >= 4 is 5.97 Å². The molecule has 0 saturated heterocycles. The molecule has 0 saturated carbocycles. The van der Waals surface area contributed by atoms with E-state index in [1.807, 2.05) is 6.92 Å². The second-order valence-corrected chi connectivity index (χ2v) is 2.23. The van der Waals surface area contributed by atoms with Crippen LogP contribution >= 0.6 is 0 Å². The largest absolute Gasteiger partial charge is 0.481 e. The van der Waals surface area contributed by atoms with Crippen molar-refractivity contribution in [3.63, 3.8) is 0 Å². The van der Waals surface area contributed by atoms with Crippen LogP contribution in [0.5, 0.6) is 0 Å². The molecule has 1 heterocycles. The molecule has 54 valence electrons. The summed E-state index contributed by atoms with van der Waals surface area (Å²) in [5.74, 6) is -0.789. The van der Waals surface area contributed by atoms with Gasteiger partial charge in [-0.25, -0.2) is 0 Å². The molecule has 1 aromatic heterocycles. The summed E-state index contributed by atoms with van der Waals surface area (Å²) in [5, 5.41) is 8.40. The molecule has 1 aromatic rings. The molecule has 0 aliphatic rings. The predicted molar refractivity (Wildman–Crippen MR) is 36.9 cm³/mol. The molecular weight excluding hydrogens is 130 g/mol. The number of carbonyl (C=O) groups is 1. The maximum absolute atomic E-state index is 10.2. The Morgan fingerprint density at radius 2 is 2.40 bits per heavy atom. The standard InChI is InChI=1S/C7H9NO2/c1-5-3-8-4-6(5)2-7(9)10/h3-4,8H,2H2,1H3,(H,9,10). The molecule has 10 heavy (non-hydrogen) atoms. The monoisotopic (exact) mass is 139 g/mol. The van der Waals surface area contributed by atoms with Crippen molar-refractivity contribution in [3.05, 3.63) is 23.5 Å². The van der Waals surface area contributed by atoms with Crippen LogP contribution in [0.25, 0.3) is 0 Å². The molecule has 0 radical (unpaired) electrons. The second-order valence-electron chi connectivity index (χ2n) is 2.23. The molecular formula is C7H9NO2. The van der Waals surface area contributed by atoms with E-state index in [1.54, 1.807) is 12.4 Å². The minimum absolute atomic E-state index is 0.106. The summed E-state index contributed by atoms with van der Waals surface area (Å²) in [5.41, 5.74) is 1.86. The first-order chi connectivity index (χ1) is 4.70. The second kappa shape index (κ2) is 2.56. The molecule has 3 heteroatoms. The topological polar surface area (TPSA) is 53.1 Å². The van der Waals surface area contributed by atoms with E-state index >= 15 is 0 Å². The van der Waals surface area contributed by atoms with E-state index in [2.05, 4.69) is 4.98 Å². The van der Waals surface area contributed by atoms with Gasteiger partial charge in [0.2, 0.25) is 0 Å². The van der Waals surface area contributed by atoms with E-state index in [9.17, 15) is 4.79 Å². The number of rotatable bonds is 2. The molecule has 0 aliphatic carbocycles. The van der Waals surface area contributed by atoms with Crippen molar-refractivity contribution in [2.24, 2.45) is 0 Å². The third-order valence-electron chi connectivity index (χ3n) is 1.41. The third-order valence-corrected chi connectivity index (χ3v) is 1.41. The van der Waals surface area contributed by atoms with Crippen LogP contribution in [0, 0.1) is 6.92 Å². The zero-order valence-corrected chi connectivity index (χ0v) is 5.72. The quantitative estimate of drug-likeness (QED) is 0.640. The molecule has 0 bridgehead atoms. The lowest BCUT2D eigenvalue weighted by Crippen LogP contribution is -1.99. The summed E-state index contributed by atoms with van der Waals surface area (Å²) in [7, 11) is 0. The fourth-order valence-corrected chi connectivity index (χ4v) is 0.827. The van der Waals surface area contributed by atoms with Crippen molar-refractivity contribution < 1.29 is 9.90 Å². The number of H-pyrrole nitrogens is 1. The summed E-state index contributed by atoms with van der Waals surface area (Å²) < 4.78 is 0. The number of aromatic amines is 1. The van der Waals surface area contributed by atoms with E-state index in [0.29, 0.717) is 0 Å². The first-order valence-corrected chi connectivity index (χ1v) is 3.04. The molecule has 2 N–H and O–H groups in total.